The molecule has 2 aromatic carbocycles. The van der Waals surface area contributed by atoms with Crippen LogP contribution >= 0.6 is 0 Å². The summed E-state index contributed by atoms with van der Waals surface area (Å²) in [6.07, 6.45) is -3.60. The van der Waals surface area contributed by atoms with E-state index in [2.05, 4.69) is 15.4 Å². The van der Waals surface area contributed by atoms with Crippen LogP contribution in [0.5, 0.6) is 5.75 Å². The van der Waals surface area contributed by atoms with Crippen LogP contribution in [0.15, 0.2) is 48.5 Å². The molecule has 3 saturated heterocycles. The summed E-state index contributed by atoms with van der Waals surface area (Å²) in [7, 11) is 0. The average molecular weight is 547 g/mol. The lowest BCUT2D eigenvalue weighted by Gasteiger charge is -2.56. The van der Waals surface area contributed by atoms with Crippen LogP contribution in [0, 0.1) is 5.41 Å². The number of barbiturate groups is 1. The van der Waals surface area contributed by atoms with E-state index in [-0.39, 0.29) is 17.1 Å². The molecule has 0 bridgehead atoms. The molecule has 3 aliphatic heterocycles. The van der Waals surface area contributed by atoms with Gasteiger partial charge in [0.15, 0.2) is 0 Å². The molecule has 5 rings (SSSR count). The van der Waals surface area contributed by atoms with E-state index in [9.17, 15) is 32.3 Å². The highest BCUT2D eigenvalue weighted by Crippen LogP contribution is 2.44. The lowest BCUT2D eigenvalue weighted by atomic mass is 9.70. The number of alkyl halides is 3. The molecule has 1 spiro atoms. The fourth-order valence-corrected chi connectivity index (χ4v) is 5.68. The van der Waals surface area contributed by atoms with E-state index in [0.717, 1.165) is 0 Å². The zero-order valence-corrected chi connectivity index (χ0v) is 20.6. The molecule has 3 fully saturated rings. The quantitative estimate of drug-likeness (QED) is 0.488. The molecule has 3 heterocycles. The molecule has 206 valence electrons. The number of urea groups is 1. The zero-order chi connectivity index (χ0) is 28.0. The number of ether oxygens (including phenoxy) is 1. The highest BCUT2D eigenvalue weighted by Gasteiger charge is 2.58. The molecule has 0 atom stereocenters. The van der Waals surface area contributed by atoms with Crippen molar-refractivity contribution in [2.75, 3.05) is 32.8 Å². The Balaban J connectivity index is 1.39. The number of carbonyl (C=O) groups excluding carboxylic acids is 4. The van der Waals surface area contributed by atoms with Crippen LogP contribution in [0.1, 0.15) is 18.4 Å². The Labute approximate surface area is 220 Å². The number of nitrogens with one attached hydrogen (secondary N) is 2. The van der Waals surface area contributed by atoms with Gasteiger partial charge in [-0.1, -0.05) is 36.4 Å². The number of piperidine rings is 1. The molecule has 0 aromatic heterocycles. The number of nitrogens with zero attached hydrogens (tertiary/aromatic N) is 2. The van der Waals surface area contributed by atoms with Gasteiger partial charge in [0.25, 0.3) is 11.8 Å². The van der Waals surface area contributed by atoms with Gasteiger partial charge in [0.05, 0.1) is 0 Å². The SMILES string of the molecule is O=C1NC(=O)C(c2ccc(-c3ccc(OC(F)(F)F)cc3)cc2)(N2CCC3(CC2)CN(C(=O)CO)C3)C(=O)N1. The second-order valence-corrected chi connectivity index (χ2v) is 9.99. The van der Waals surface area contributed by atoms with Crippen molar-refractivity contribution in [1.29, 1.82) is 0 Å². The van der Waals surface area contributed by atoms with Crippen LogP contribution in [0.3, 0.4) is 0 Å². The molecule has 0 aliphatic carbocycles. The zero-order valence-electron chi connectivity index (χ0n) is 20.6. The van der Waals surface area contributed by atoms with Crippen molar-refractivity contribution < 1.29 is 42.2 Å². The van der Waals surface area contributed by atoms with Crippen LogP contribution in [-0.2, 0) is 19.9 Å². The van der Waals surface area contributed by atoms with E-state index in [0.29, 0.717) is 55.7 Å². The van der Waals surface area contributed by atoms with Gasteiger partial charge in [0.1, 0.15) is 12.4 Å². The lowest BCUT2D eigenvalue weighted by molar-refractivity contribution is -0.274. The summed E-state index contributed by atoms with van der Waals surface area (Å²) >= 11 is 0. The molecule has 3 N–H and O–H groups in total. The Hall–Kier alpha value is -3.97. The third-order valence-electron chi connectivity index (χ3n) is 7.67. The summed E-state index contributed by atoms with van der Waals surface area (Å²) in [5.41, 5.74) is -0.438. The first kappa shape index (κ1) is 26.6. The third-order valence-corrected chi connectivity index (χ3v) is 7.67. The summed E-state index contributed by atoms with van der Waals surface area (Å²) in [6, 6.07) is 10.8. The van der Waals surface area contributed by atoms with Crippen molar-refractivity contribution in [2.45, 2.75) is 24.7 Å². The van der Waals surface area contributed by atoms with Crippen molar-refractivity contribution in [3.63, 3.8) is 0 Å². The van der Waals surface area contributed by atoms with Gasteiger partial charge in [0.2, 0.25) is 11.4 Å². The van der Waals surface area contributed by atoms with E-state index in [1.165, 1.54) is 24.3 Å². The van der Waals surface area contributed by atoms with Gasteiger partial charge in [-0.2, -0.15) is 0 Å². The molecule has 0 radical (unpaired) electrons. The van der Waals surface area contributed by atoms with E-state index >= 15 is 0 Å². The number of carbonyl (C=O) groups is 4. The second-order valence-electron chi connectivity index (χ2n) is 9.99. The van der Waals surface area contributed by atoms with E-state index in [4.69, 9.17) is 5.11 Å². The summed E-state index contributed by atoms with van der Waals surface area (Å²) in [5, 5.41) is 13.5. The average Bonchev–Trinajstić information content (AvgIpc) is 2.87. The topological polar surface area (TPSA) is 128 Å². The minimum Gasteiger partial charge on any atom is -0.406 e. The van der Waals surface area contributed by atoms with Crippen molar-refractivity contribution in [3.05, 3.63) is 54.1 Å². The summed E-state index contributed by atoms with van der Waals surface area (Å²) in [5.74, 6) is -2.26. The van der Waals surface area contributed by atoms with Crippen LogP contribution in [-0.4, -0.2) is 77.8 Å². The van der Waals surface area contributed by atoms with Gasteiger partial charge >= 0.3 is 12.4 Å². The molecule has 39 heavy (non-hydrogen) atoms. The first-order chi connectivity index (χ1) is 18.5. The Morgan fingerprint density at radius 1 is 0.897 bits per heavy atom. The van der Waals surface area contributed by atoms with Crippen LogP contribution < -0.4 is 15.4 Å². The standard InChI is InChI=1S/C26H25F3N4O6/c27-26(28,29)39-19-7-3-17(4-8-19)16-1-5-18(6-2-16)25(21(36)30-23(38)31-22(25)37)33-11-9-24(10-12-33)14-32(15-24)20(35)13-34/h1-8,34H,9-15H2,(H2,30,31,36,37,38). The van der Waals surface area contributed by atoms with E-state index in [1.807, 2.05) is 0 Å². The minimum absolute atomic E-state index is 0.161. The predicted octanol–water partition coefficient (Wildman–Crippen LogP) is 1.73. The smallest absolute Gasteiger partial charge is 0.406 e. The highest BCUT2D eigenvalue weighted by molar-refractivity contribution is 6.22. The van der Waals surface area contributed by atoms with Crippen molar-refractivity contribution in [2.24, 2.45) is 5.41 Å². The Bertz CT molecular complexity index is 1280. The second kappa shape index (κ2) is 9.65. The van der Waals surface area contributed by atoms with Gasteiger partial charge in [-0.25, -0.2) is 4.79 Å². The third kappa shape index (κ3) is 4.83. The molecule has 0 unspecified atom stereocenters. The molecular formula is C26H25F3N4O6. The predicted molar refractivity (Wildman–Crippen MR) is 129 cm³/mol. The van der Waals surface area contributed by atoms with Crippen LogP contribution in [0.4, 0.5) is 18.0 Å². The van der Waals surface area contributed by atoms with Crippen LogP contribution in [0.2, 0.25) is 0 Å². The first-order valence-corrected chi connectivity index (χ1v) is 12.2. The normalized spacial score (nSPS) is 20.7. The van der Waals surface area contributed by atoms with Crippen molar-refractivity contribution >= 4 is 23.8 Å². The van der Waals surface area contributed by atoms with E-state index in [1.54, 1.807) is 34.1 Å². The Kier molecular flexibility index (Phi) is 6.59. The molecule has 5 amide bonds. The fraction of sp³-hybridized carbons (Fsp3) is 0.385. The van der Waals surface area contributed by atoms with E-state index < -0.39 is 36.4 Å². The van der Waals surface area contributed by atoms with Crippen LogP contribution in [0.25, 0.3) is 11.1 Å². The highest BCUT2D eigenvalue weighted by atomic mass is 19.4. The number of likely N-dealkylation sites (tertiary alicyclic amines) is 2. The number of amides is 5. The monoisotopic (exact) mass is 546 g/mol. The molecule has 10 nitrogen and oxygen atoms in total. The number of hydrogen-bond acceptors (Lipinski definition) is 7. The Morgan fingerprint density at radius 3 is 1.90 bits per heavy atom. The maximum atomic E-state index is 13.3. The number of aliphatic hydroxyl groups is 1. The molecular weight excluding hydrogens is 521 g/mol. The van der Waals surface area contributed by atoms with Gasteiger partial charge in [-0.3, -0.25) is 29.9 Å². The number of aliphatic hydroxyl groups excluding tert-OH is 1. The largest absolute Gasteiger partial charge is 0.573 e. The summed E-state index contributed by atoms with van der Waals surface area (Å²) in [4.78, 5) is 53.7. The van der Waals surface area contributed by atoms with Gasteiger partial charge in [-0.05, 0) is 41.7 Å². The molecule has 0 saturated carbocycles. The number of hydrogen-bond donors (Lipinski definition) is 3. The molecule has 2 aromatic rings. The molecule has 13 heteroatoms. The van der Waals surface area contributed by atoms with Gasteiger partial charge in [-0.15, -0.1) is 13.2 Å². The first-order valence-electron chi connectivity index (χ1n) is 12.2. The number of benzene rings is 2. The van der Waals surface area contributed by atoms with Crippen molar-refractivity contribution in [1.82, 2.24) is 20.4 Å². The number of rotatable bonds is 5. The maximum absolute atomic E-state index is 13.3. The van der Waals surface area contributed by atoms with Crippen molar-refractivity contribution in [3.8, 4) is 16.9 Å². The fourth-order valence-electron chi connectivity index (χ4n) is 5.68. The minimum atomic E-state index is -4.80. The summed E-state index contributed by atoms with van der Waals surface area (Å²) < 4.78 is 41.3. The maximum Gasteiger partial charge on any atom is 0.573 e. The lowest BCUT2D eigenvalue weighted by Crippen LogP contribution is -2.73. The van der Waals surface area contributed by atoms with Gasteiger partial charge < -0.3 is 14.7 Å². The molecule has 3 aliphatic rings. The van der Waals surface area contributed by atoms with Gasteiger partial charge in [0, 0.05) is 31.6 Å². The summed E-state index contributed by atoms with van der Waals surface area (Å²) in [6.45, 7) is 1.12. The Morgan fingerprint density at radius 2 is 1.41 bits per heavy atom. The number of imide groups is 2. The number of halogens is 3.